The molecule has 0 aliphatic carbocycles. The van der Waals surface area contributed by atoms with Gasteiger partial charge < -0.3 is 15.0 Å². The summed E-state index contributed by atoms with van der Waals surface area (Å²) in [4.78, 5) is 28.2. The van der Waals surface area contributed by atoms with Gasteiger partial charge in [0, 0.05) is 18.2 Å². The maximum absolute atomic E-state index is 14.7. The van der Waals surface area contributed by atoms with E-state index in [1.807, 2.05) is 27.7 Å². The highest BCUT2D eigenvalue weighted by molar-refractivity contribution is 7.92. The number of ether oxygens (including phenoxy) is 1. The zero-order chi connectivity index (χ0) is 30.2. The summed E-state index contributed by atoms with van der Waals surface area (Å²) < 4.78 is 48.9. The molecule has 3 aromatic carbocycles. The summed E-state index contributed by atoms with van der Waals surface area (Å²) in [5.74, 6) is -1.09. The molecule has 1 N–H and O–H groups in total. The maximum atomic E-state index is 14.7. The van der Waals surface area contributed by atoms with E-state index >= 15 is 0 Å². The van der Waals surface area contributed by atoms with Crippen molar-refractivity contribution in [3.05, 3.63) is 89.7 Å². The van der Waals surface area contributed by atoms with E-state index in [0.717, 1.165) is 9.87 Å². The van der Waals surface area contributed by atoms with Crippen LogP contribution < -0.4 is 14.4 Å². The zero-order valence-corrected chi connectivity index (χ0v) is 24.9. The lowest BCUT2D eigenvalue weighted by Gasteiger charge is -2.32. The molecule has 0 aliphatic heterocycles. The molecule has 0 fully saturated rings. The third kappa shape index (κ3) is 8.07. The summed E-state index contributed by atoms with van der Waals surface area (Å²) in [7, 11) is -4.22. The molecule has 10 heteroatoms. The minimum atomic E-state index is -4.22. The predicted molar refractivity (Wildman–Crippen MR) is 158 cm³/mol. The Kier molecular flexibility index (Phi) is 10.9. The Bertz CT molecular complexity index is 1430. The van der Waals surface area contributed by atoms with Crippen molar-refractivity contribution in [3.8, 4) is 5.75 Å². The molecule has 0 aliphatic rings. The number of rotatable bonds is 13. The number of anilines is 1. The van der Waals surface area contributed by atoms with Crippen LogP contribution in [-0.4, -0.2) is 50.4 Å². The summed E-state index contributed by atoms with van der Waals surface area (Å²) in [6, 6.07) is 17.5. The van der Waals surface area contributed by atoms with Crippen LogP contribution >= 0.6 is 0 Å². The number of hydrogen-bond donors (Lipinski definition) is 1. The van der Waals surface area contributed by atoms with Crippen molar-refractivity contribution in [1.29, 1.82) is 0 Å². The minimum Gasteiger partial charge on any atom is -0.494 e. The quantitative estimate of drug-likeness (QED) is 0.304. The first-order valence-electron chi connectivity index (χ1n) is 13.6. The van der Waals surface area contributed by atoms with E-state index in [9.17, 15) is 22.4 Å². The normalized spacial score (nSPS) is 12.7. The van der Waals surface area contributed by atoms with Crippen LogP contribution in [0.1, 0.15) is 45.2 Å². The molecule has 0 radical (unpaired) electrons. The van der Waals surface area contributed by atoms with E-state index in [1.54, 1.807) is 49.4 Å². The largest absolute Gasteiger partial charge is 0.494 e. The predicted octanol–water partition coefficient (Wildman–Crippen LogP) is 5.06. The lowest BCUT2D eigenvalue weighted by molar-refractivity contribution is -0.139. The number of aryl methyl sites for hydroxylation is 1. The van der Waals surface area contributed by atoms with Crippen LogP contribution in [0.3, 0.4) is 0 Å². The summed E-state index contributed by atoms with van der Waals surface area (Å²) in [5.41, 5.74) is 1.40. The third-order valence-electron chi connectivity index (χ3n) is 6.79. The SMILES string of the molecule is CCOc1ccc(S(=O)(=O)N(CC(=O)N(Cc2ccccc2F)[C@H](C)C(=O)N[C@H](C)CC)c2ccc(C)cc2)cc1. The van der Waals surface area contributed by atoms with Gasteiger partial charge in [-0.15, -0.1) is 0 Å². The fourth-order valence-corrected chi connectivity index (χ4v) is 5.51. The number of nitrogens with zero attached hydrogens (tertiary/aromatic N) is 2. The van der Waals surface area contributed by atoms with Gasteiger partial charge in [-0.25, -0.2) is 12.8 Å². The van der Waals surface area contributed by atoms with Crippen LogP contribution in [0.2, 0.25) is 0 Å². The number of hydrogen-bond acceptors (Lipinski definition) is 5. The van der Waals surface area contributed by atoms with E-state index < -0.39 is 40.2 Å². The van der Waals surface area contributed by atoms with Gasteiger partial charge in [0.05, 0.1) is 17.2 Å². The van der Waals surface area contributed by atoms with E-state index in [2.05, 4.69) is 5.32 Å². The van der Waals surface area contributed by atoms with Crippen molar-refractivity contribution >= 4 is 27.5 Å². The van der Waals surface area contributed by atoms with Crippen LogP contribution in [0.15, 0.2) is 77.7 Å². The Morgan fingerprint density at radius 1 is 0.951 bits per heavy atom. The van der Waals surface area contributed by atoms with Gasteiger partial charge in [0.15, 0.2) is 0 Å². The molecule has 41 heavy (non-hydrogen) atoms. The number of sulfonamides is 1. The number of nitrogens with one attached hydrogen (secondary N) is 1. The number of amides is 2. The first-order chi connectivity index (χ1) is 19.5. The lowest BCUT2D eigenvalue weighted by atomic mass is 10.1. The van der Waals surface area contributed by atoms with E-state index in [4.69, 9.17) is 4.74 Å². The molecule has 8 nitrogen and oxygen atoms in total. The molecule has 0 bridgehead atoms. The minimum absolute atomic E-state index is 0.0301. The van der Waals surface area contributed by atoms with Crippen molar-refractivity contribution in [3.63, 3.8) is 0 Å². The van der Waals surface area contributed by atoms with Gasteiger partial charge >= 0.3 is 0 Å². The second-order valence-electron chi connectivity index (χ2n) is 9.86. The Morgan fingerprint density at radius 3 is 2.17 bits per heavy atom. The Balaban J connectivity index is 2.02. The smallest absolute Gasteiger partial charge is 0.264 e. The molecule has 220 valence electrons. The fourth-order valence-electron chi connectivity index (χ4n) is 4.10. The second kappa shape index (κ2) is 14.1. The van der Waals surface area contributed by atoms with Crippen LogP contribution in [0.4, 0.5) is 10.1 Å². The Hall–Kier alpha value is -3.92. The molecule has 0 spiro atoms. The topological polar surface area (TPSA) is 96.0 Å². The molecule has 0 saturated heterocycles. The second-order valence-corrected chi connectivity index (χ2v) is 11.7. The highest BCUT2D eigenvalue weighted by atomic mass is 32.2. The standard InChI is InChI=1S/C31H38FN3O5S/c1-6-23(4)33-31(37)24(5)34(20-25-10-8-9-11-29(25)32)30(36)21-35(26-14-12-22(3)13-15-26)41(38,39)28-18-16-27(17-19-28)40-7-2/h8-19,23-24H,6-7,20-21H2,1-5H3,(H,33,37)/t23-,24-/m1/s1. The van der Waals surface area contributed by atoms with E-state index in [-0.39, 0.29) is 28.7 Å². The van der Waals surface area contributed by atoms with Crippen molar-refractivity contribution < 1.29 is 27.1 Å². The van der Waals surface area contributed by atoms with Gasteiger partial charge in [-0.3, -0.25) is 13.9 Å². The maximum Gasteiger partial charge on any atom is 0.264 e. The van der Waals surface area contributed by atoms with Gasteiger partial charge in [0.1, 0.15) is 24.2 Å². The molecule has 0 aromatic heterocycles. The number of halogens is 1. The molecule has 0 heterocycles. The van der Waals surface area contributed by atoms with Crippen LogP contribution in [-0.2, 0) is 26.2 Å². The lowest BCUT2D eigenvalue weighted by Crippen LogP contribution is -2.52. The molecule has 2 atom stereocenters. The monoisotopic (exact) mass is 583 g/mol. The zero-order valence-electron chi connectivity index (χ0n) is 24.1. The number of carbonyl (C=O) groups is 2. The molecule has 3 rings (SSSR count). The van der Waals surface area contributed by atoms with E-state index in [0.29, 0.717) is 18.8 Å². The van der Waals surface area contributed by atoms with Crippen LogP contribution in [0.5, 0.6) is 5.75 Å². The first-order valence-corrected chi connectivity index (χ1v) is 15.1. The molecule has 0 saturated carbocycles. The Labute approximate surface area is 242 Å². The summed E-state index contributed by atoms with van der Waals surface area (Å²) in [5, 5.41) is 2.86. The van der Waals surface area contributed by atoms with Gasteiger partial charge in [-0.2, -0.15) is 0 Å². The molecular weight excluding hydrogens is 545 g/mol. The molecule has 2 amide bonds. The Morgan fingerprint density at radius 2 is 1.59 bits per heavy atom. The van der Waals surface area contributed by atoms with Gasteiger partial charge in [0.2, 0.25) is 11.8 Å². The van der Waals surface area contributed by atoms with Crippen LogP contribution in [0, 0.1) is 12.7 Å². The summed E-state index contributed by atoms with van der Waals surface area (Å²) in [6.07, 6.45) is 0.682. The highest BCUT2D eigenvalue weighted by Crippen LogP contribution is 2.26. The molecule has 3 aromatic rings. The number of carbonyl (C=O) groups excluding carboxylic acids is 2. The number of benzene rings is 3. The average Bonchev–Trinajstić information content (AvgIpc) is 2.96. The van der Waals surface area contributed by atoms with E-state index in [1.165, 1.54) is 35.2 Å². The summed E-state index contributed by atoms with van der Waals surface area (Å²) >= 11 is 0. The van der Waals surface area contributed by atoms with Crippen molar-refractivity contribution in [2.75, 3.05) is 17.5 Å². The van der Waals surface area contributed by atoms with Crippen molar-refractivity contribution in [1.82, 2.24) is 10.2 Å². The third-order valence-corrected chi connectivity index (χ3v) is 8.58. The molecular formula is C31H38FN3O5S. The van der Waals surface area contributed by atoms with Gasteiger partial charge in [-0.1, -0.05) is 42.8 Å². The fraction of sp³-hybridized carbons (Fsp3) is 0.355. The highest BCUT2D eigenvalue weighted by Gasteiger charge is 2.33. The van der Waals surface area contributed by atoms with Crippen molar-refractivity contribution in [2.24, 2.45) is 0 Å². The van der Waals surface area contributed by atoms with Gasteiger partial charge in [0.25, 0.3) is 10.0 Å². The molecule has 0 unspecified atom stereocenters. The van der Waals surface area contributed by atoms with Gasteiger partial charge in [-0.05, 0) is 76.6 Å². The summed E-state index contributed by atoms with van der Waals surface area (Å²) in [6.45, 7) is 8.61. The first kappa shape index (κ1) is 31.6. The average molecular weight is 584 g/mol. The van der Waals surface area contributed by atoms with Crippen molar-refractivity contribution in [2.45, 2.75) is 64.6 Å². The van der Waals surface area contributed by atoms with Crippen LogP contribution in [0.25, 0.3) is 0 Å².